The largest absolute Gasteiger partial charge is 0.491 e. The first kappa shape index (κ1) is 10.3. The van der Waals surface area contributed by atoms with E-state index in [-0.39, 0.29) is 5.91 Å². The first-order chi connectivity index (χ1) is 7.11. The molecule has 1 aromatic carbocycles. The Kier molecular flexibility index (Phi) is 2.57. The van der Waals surface area contributed by atoms with Crippen molar-refractivity contribution in [2.75, 3.05) is 13.2 Å². The molecule has 0 aliphatic carbocycles. The highest BCUT2D eigenvalue weighted by molar-refractivity contribution is 6.32. The zero-order chi connectivity index (χ0) is 11.0. The SMILES string of the molecule is Cc1cc2c(c(C)c1Cl)C(=O)NCCO2. The zero-order valence-electron chi connectivity index (χ0n) is 8.69. The fraction of sp³-hybridized carbons (Fsp3) is 0.364. The van der Waals surface area contributed by atoms with Crippen LogP contribution in [0.2, 0.25) is 5.02 Å². The average molecular weight is 226 g/mol. The Labute approximate surface area is 93.4 Å². The summed E-state index contributed by atoms with van der Waals surface area (Å²) in [4.78, 5) is 11.7. The number of amides is 1. The topological polar surface area (TPSA) is 38.3 Å². The Morgan fingerprint density at radius 1 is 1.47 bits per heavy atom. The molecule has 2 rings (SSSR count). The van der Waals surface area contributed by atoms with E-state index in [1.165, 1.54) is 0 Å². The van der Waals surface area contributed by atoms with Crippen LogP contribution >= 0.6 is 11.6 Å². The molecule has 0 bridgehead atoms. The van der Waals surface area contributed by atoms with Crippen molar-refractivity contribution >= 4 is 17.5 Å². The number of ether oxygens (including phenoxy) is 1. The summed E-state index contributed by atoms with van der Waals surface area (Å²) < 4.78 is 5.49. The van der Waals surface area contributed by atoms with Crippen LogP contribution in [0.25, 0.3) is 0 Å². The van der Waals surface area contributed by atoms with Crippen LogP contribution in [0.15, 0.2) is 6.07 Å². The minimum Gasteiger partial charge on any atom is -0.491 e. The van der Waals surface area contributed by atoms with Crippen LogP contribution in [0.5, 0.6) is 5.75 Å². The number of rotatable bonds is 0. The van der Waals surface area contributed by atoms with Gasteiger partial charge in [-0.05, 0) is 31.0 Å². The van der Waals surface area contributed by atoms with Crippen molar-refractivity contribution in [1.29, 1.82) is 0 Å². The second kappa shape index (κ2) is 3.74. The van der Waals surface area contributed by atoms with Crippen LogP contribution in [0.4, 0.5) is 0 Å². The van der Waals surface area contributed by atoms with Gasteiger partial charge in [0.05, 0.1) is 12.1 Å². The Morgan fingerprint density at radius 3 is 2.93 bits per heavy atom. The second-order valence-electron chi connectivity index (χ2n) is 3.61. The highest BCUT2D eigenvalue weighted by atomic mass is 35.5. The van der Waals surface area contributed by atoms with Gasteiger partial charge in [-0.2, -0.15) is 0 Å². The van der Waals surface area contributed by atoms with Gasteiger partial charge < -0.3 is 10.1 Å². The Hall–Kier alpha value is -1.22. The van der Waals surface area contributed by atoms with E-state index in [4.69, 9.17) is 16.3 Å². The molecule has 0 saturated carbocycles. The minimum absolute atomic E-state index is 0.109. The third kappa shape index (κ3) is 1.67. The van der Waals surface area contributed by atoms with Crippen molar-refractivity contribution in [3.8, 4) is 5.75 Å². The van der Waals surface area contributed by atoms with Gasteiger partial charge in [-0.25, -0.2) is 0 Å². The summed E-state index contributed by atoms with van der Waals surface area (Å²) in [6.07, 6.45) is 0. The Bertz CT molecular complexity index is 429. The van der Waals surface area contributed by atoms with E-state index < -0.39 is 0 Å². The normalized spacial score (nSPS) is 15.0. The van der Waals surface area contributed by atoms with Gasteiger partial charge in [0, 0.05) is 5.02 Å². The number of halogens is 1. The van der Waals surface area contributed by atoms with Crippen molar-refractivity contribution in [3.63, 3.8) is 0 Å². The molecule has 0 radical (unpaired) electrons. The fourth-order valence-electron chi connectivity index (χ4n) is 1.73. The molecule has 1 aliphatic rings. The van der Waals surface area contributed by atoms with Gasteiger partial charge in [-0.15, -0.1) is 0 Å². The van der Waals surface area contributed by atoms with E-state index in [1.54, 1.807) is 0 Å². The summed E-state index contributed by atoms with van der Waals surface area (Å²) in [6, 6.07) is 1.82. The maximum absolute atomic E-state index is 11.7. The van der Waals surface area contributed by atoms with Crippen molar-refractivity contribution in [2.45, 2.75) is 13.8 Å². The summed E-state index contributed by atoms with van der Waals surface area (Å²) in [7, 11) is 0. The van der Waals surface area contributed by atoms with Gasteiger partial charge in [-0.3, -0.25) is 4.79 Å². The number of carbonyl (C=O) groups is 1. The molecule has 0 saturated heterocycles. The smallest absolute Gasteiger partial charge is 0.255 e. The molecule has 0 unspecified atom stereocenters. The number of hydrogen-bond donors (Lipinski definition) is 1. The number of aryl methyl sites for hydroxylation is 1. The van der Waals surface area contributed by atoms with E-state index >= 15 is 0 Å². The molecule has 1 amide bonds. The molecule has 0 spiro atoms. The highest BCUT2D eigenvalue weighted by Gasteiger charge is 2.21. The Balaban J connectivity index is 2.66. The number of benzene rings is 1. The standard InChI is InChI=1S/C11H12ClNO2/c1-6-5-8-9(7(2)10(6)12)11(14)13-3-4-15-8/h5H,3-4H2,1-2H3,(H,13,14). The van der Waals surface area contributed by atoms with E-state index in [2.05, 4.69) is 5.32 Å². The van der Waals surface area contributed by atoms with Crippen LogP contribution in [0.1, 0.15) is 21.5 Å². The summed E-state index contributed by atoms with van der Waals surface area (Å²) in [6.45, 7) is 4.77. The molecule has 1 aliphatic heterocycles. The van der Waals surface area contributed by atoms with Gasteiger partial charge in [0.25, 0.3) is 5.91 Å². The monoisotopic (exact) mass is 225 g/mol. The molecule has 1 heterocycles. The van der Waals surface area contributed by atoms with Crippen molar-refractivity contribution in [3.05, 3.63) is 27.8 Å². The third-order valence-corrected chi connectivity index (χ3v) is 3.10. The first-order valence-corrected chi connectivity index (χ1v) is 5.19. The first-order valence-electron chi connectivity index (χ1n) is 4.82. The molecular formula is C11H12ClNO2. The number of nitrogens with one attached hydrogen (secondary N) is 1. The van der Waals surface area contributed by atoms with E-state index in [0.29, 0.717) is 29.5 Å². The predicted molar refractivity (Wildman–Crippen MR) is 58.8 cm³/mol. The molecule has 4 heteroatoms. The molecule has 3 nitrogen and oxygen atoms in total. The number of carbonyl (C=O) groups excluding carboxylic acids is 1. The van der Waals surface area contributed by atoms with Crippen LogP contribution in [-0.2, 0) is 0 Å². The van der Waals surface area contributed by atoms with Crippen LogP contribution in [0, 0.1) is 13.8 Å². The summed E-state index contributed by atoms with van der Waals surface area (Å²) in [5, 5.41) is 3.40. The highest BCUT2D eigenvalue weighted by Crippen LogP contribution is 2.32. The molecule has 1 N–H and O–H groups in total. The van der Waals surface area contributed by atoms with Crippen LogP contribution < -0.4 is 10.1 Å². The number of hydrogen-bond acceptors (Lipinski definition) is 2. The minimum atomic E-state index is -0.109. The molecule has 0 fully saturated rings. The number of fused-ring (bicyclic) bond motifs is 1. The predicted octanol–water partition coefficient (Wildman–Crippen LogP) is 2.08. The van der Waals surface area contributed by atoms with Gasteiger partial charge in [0.1, 0.15) is 12.4 Å². The summed E-state index contributed by atoms with van der Waals surface area (Å²) >= 11 is 6.10. The van der Waals surface area contributed by atoms with Gasteiger partial charge in [0.2, 0.25) is 0 Å². The van der Waals surface area contributed by atoms with E-state index in [9.17, 15) is 4.79 Å². The molecule has 15 heavy (non-hydrogen) atoms. The molecule has 1 aromatic rings. The zero-order valence-corrected chi connectivity index (χ0v) is 9.44. The molecule has 80 valence electrons. The van der Waals surface area contributed by atoms with Gasteiger partial charge in [0.15, 0.2) is 0 Å². The van der Waals surface area contributed by atoms with Crippen molar-refractivity contribution in [1.82, 2.24) is 5.32 Å². The maximum Gasteiger partial charge on any atom is 0.255 e. The maximum atomic E-state index is 11.7. The fourth-order valence-corrected chi connectivity index (χ4v) is 1.88. The van der Waals surface area contributed by atoms with E-state index in [0.717, 1.165) is 11.1 Å². The lowest BCUT2D eigenvalue weighted by Crippen LogP contribution is -2.25. The molecule has 0 aromatic heterocycles. The van der Waals surface area contributed by atoms with Gasteiger partial charge >= 0.3 is 0 Å². The second-order valence-corrected chi connectivity index (χ2v) is 3.99. The van der Waals surface area contributed by atoms with E-state index in [1.807, 2.05) is 19.9 Å². The Morgan fingerprint density at radius 2 is 2.20 bits per heavy atom. The summed E-state index contributed by atoms with van der Waals surface area (Å²) in [5.41, 5.74) is 2.27. The van der Waals surface area contributed by atoms with Crippen LogP contribution in [-0.4, -0.2) is 19.1 Å². The van der Waals surface area contributed by atoms with Crippen molar-refractivity contribution < 1.29 is 9.53 Å². The quantitative estimate of drug-likeness (QED) is 0.734. The lowest BCUT2D eigenvalue weighted by Gasteiger charge is -2.11. The van der Waals surface area contributed by atoms with Gasteiger partial charge in [-0.1, -0.05) is 11.6 Å². The van der Waals surface area contributed by atoms with Crippen LogP contribution in [0.3, 0.4) is 0 Å². The van der Waals surface area contributed by atoms with Crippen molar-refractivity contribution in [2.24, 2.45) is 0 Å². The lowest BCUT2D eigenvalue weighted by atomic mass is 10.0. The third-order valence-electron chi connectivity index (χ3n) is 2.52. The average Bonchev–Trinajstić information content (AvgIpc) is 2.37. The molecule has 0 atom stereocenters. The summed E-state index contributed by atoms with van der Waals surface area (Å²) in [5.74, 6) is 0.520. The lowest BCUT2D eigenvalue weighted by molar-refractivity contribution is 0.0956. The molecular weight excluding hydrogens is 214 g/mol.